The summed E-state index contributed by atoms with van der Waals surface area (Å²) in [6, 6.07) is 8.28. The van der Waals surface area contributed by atoms with E-state index in [2.05, 4.69) is 15.2 Å². The highest BCUT2D eigenvalue weighted by Gasteiger charge is 2.29. The molecule has 1 unspecified atom stereocenters. The molecule has 1 aromatic heterocycles. The number of hydrogen-bond donors (Lipinski definition) is 1. The molecule has 4 rings (SSSR count). The van der Waals surface area contributed by atoms with Gasteiger partial charge in [0.2, 0.25) is 5.91 Å². The average Bonchev–Trinajstić information content (AvgIpc) is 3.34. The molecule has 2 aromatic rings. The minimum absolute atomic E-state index is 0.338. The maximum absolute atomic E-state index is 12.2. The van der Waals surface area contributed by atoms with Gasteiger partial charge in [-0.1, -0.05) is 12.1 Å². The lowest BCUT2D eigenvalue weighted by Crippen LogP contribution is -2.34. The largest absolute Gasteiger partial charge is 0.441 e. The zero-order valence-electron chi connectivity index (χ0n) is 14.0. The van der Waals surface area contributed by atoms with Crippen molar-refractivity contribution in [1.82, 2.24) is 15.2 Å². The van der Waals surface area contributed by atoms with Crippen LogP contribution in [0.3, 0.4) is 0 Å². The van der Waals surface area contributed by atoms with Crippen molar-refractivity contribution < 1.29 is 9.21 Å². The molecule has 2 aliphatic rings. The van der Waals surface area contributed by atoms with Gasteiger partial charge in [-0.2, -0.15) is 0 Å². The molecular formula is C19H25N3O2. The quantitative estimate of drug-likeness (QED) is 0.886. The molecule has 128 valence electrons. The first-order chi connectivity index (χ1) is 11.8. The minimum atomic E-state index is 0.338. The first-order valence-electron chi connectivity index (χ1n) is 9.13. The number of oxazole rings is 1. The maximum atomic E-state index is 12.2. The molecule has 1 atom stereocenters. The fourth-order valence-electron chi connectivity index (χ4n) is 3.46. The third-order valence-corrected chi connectivity index (χ3v) is 5.09. The highest BCUT2D eigenvalue weighted by molar-refractivity contribution is 5.76. The first kappa shape index (κ1) is 15.6. The Morgan fingerprint density at radius 1 is 1.21 bits per heavy atom. The molecule has 0 radical (unpaired) electrons. The Kier molecular flexibility index (Phi) is 4.52. The van der Waals surface area contributed by atoms with E-state index in [-0.39, 0.29) is 0 Å². The lowest BCUT2D eigenvalue weighted by Gasteiger charge is -2.20. The average molecular weight is 327 g/mol. The molecular weight excluding hydrogens is 302 g/mol. The molecule has 5 heteroatoms. The van der Waals surface area contributed by atoms with Crippen molar-refractivity contribution >= 4 is 17.0 Å². The Morgan fingerprint density at radius 2 is 2.08 bits per heavy atom. The molecule has 5 nitrogen and oxygen atoms in total. The van der Waals surface area contributed by atoms with E-state index >= 15 is 0 Å². The van der Waals surface area contributed by atoms with Crippen LogP contribution in [0.2, 0.25) is 0 Å². The fourth-order valence-corrected chi connectivity index (χ4v) is 3.46. The summed E-state index contributed by atoms with van der Waals surface area (Å²) in [5, 5.41) is 3.59. The predicted octanol–water partition coefficient (Wildman–Crippen LogP) is 2.75. The van der Waals surface area contributed by atoms with Crippen LogP contribution >= 0.6 is 0 Å². The summed E-state index contributed by atoms with van der Waals surface area (Å²) >= 11 is 0. The number of nitrogens with zero attached hydrogens (tertiary/aromatic N) is 2. The second kappa shape index (κ2) is 6.93. The molecule has 1 N–H and O–H groups in total. The van der Waals surface area contributed by atoms with Crippen LogP contribution in [0.5, 0.6) is 0 Å². The van der Waals surface area contributed by atoms with Crippen LogP contribution in [0.15, 0.2) is 28.7 Å². The lowest BCUT2D eigenvalue weighted by molar-refractivity contribution is -0.130. The van der Waals surface area contributed by atoms with Crippen molar-refractivity contribution in [2.45, 2.75) is 44.6 Å². The van der Waals surface area contributed by atoms with E-state index in [1.807, 2.05) is 24.3 Å². The summed E-state index contributed by atoms with van der Waals surface area (Å²) in [5.74, 6) is 1.89. The second-order valence-corrected chi connectivity index (χ2v) is 7.09. The zero-order valence-corrected chi connectivity index (χ0v) is 14.0. The summed E-state index contributed by atoms with van der Waals surface area (Å²) in [7, 11) is 0. The van der Waals surface area contributed by atoms with Gasteiger partial charge in [-0.15, -0.1) is 0 Å². The third-order valence-electron chi connectivity index (χ3n) is 5.09. The Bertz CT molecular complexity index is 674. The van der Waals surface area contributed by atoms with Crippen molar-refractivity contribution in [3.63, 3.8) is 0 Å². The van der Waals surface area contributed by atoms with Gasteiger partial charge in [0.15, 0.2) is 11.5 Å². The molecule has 1 aromatic carbocycles. The molecule has 24 heavy (non-hydrogen) atoms. The van der Waals surface area contributed by atoms with Crippen molar-refractivity contribution in [1.29, 1.82) is 0 Å². The number of hydrogen-bond acceptors (Lipinski definition) is 4. The van der Waals surface area contributed by atoms with Crippen LogP contribution in [0, 0.1) is 5.92 Å². The van der Waals surface area contributed by atoms with E-state index in [0.29, 0.717) is 18.4 Å². The van der Waals surface area contributed by atoms with Gasteiger partial charge in [-0.25, -0.2) is 4.98 Å². The van der Waals surface area contributed by atoms with Crippen LogP contribution in [0.25, 0.3) is 11.1 Å². The smallest absolute Gasteiger partial charge is 0.222 e. The second-order valence-electron chi connectivity index (χ2n) is 7.09. The summed E-state index contributed by atoms with van der Waals surface area (Å²) in [6.45, 7) is 2.72. The molecule has 0 bridgehead atoms. The molecule has 1 saturated heterocycles. The van der Waals surface area contributed by atoms with Crippen LogP contribution in [0.4, 0.5) is 0 Å². The van der Waals surface area contributed by atoms with Gasteiger partial charge < -0.3 is 14.6 Å². The summed E-state index contributed by atoms with van der Waals surface area (Å²) in [4.78, 5) is 18.8. The Morgan fingerprint density at radius 3 is 2.92 bits per heavy atom. The number of likely N-dealkylation sites (tertiary alicyclic amines) is 1. The number of rotatable bonds is 6. The molecule has 1 amide bonds. The Balaban J connectivity index is 1.25. The van der Waals surface area contributed by atoms with Gasteiger partial charge in [-0.3, -0.25) is 4.79 Å². The maximum Gasteiger partial charge on any atom is 0.222 e. The summed E-state index contributed by atoms with van der Waals surface area (Å²) < 4.78 is 5.75. The molecule has 1 aliphatic carbocycles. The van der Waals surface area contributed by atoms with E-state index in [1.54, 1.807) is 0 Å². The first-order valence-corrected chi connectivity index (χ1v) is 9.13. The van der Waals surface area contributed by atoms with Gasteiger partial charge in [-0.05, 0) is 43.7 Å². The van der Waals surface area contributed by atoms with Crippen molar-refractivity contribution in [2.24, 2.45) is 5.92 Å². The molecule has 0 spiro atoms. The van der Waals surface area contributed by atoms with Crippen LogP contribution in [-0.4, -0.2) is 41.5 Å². The van der Waals surface area contributed by atoms with Gasteiger partial charge in [0.05, 0.1) is 0 Å². The van der Waals surface area contributed by atoms with Crippen LogP contribution in [-0.2, 0) is 11.2 Å². The van der Waals surface area contributed by atoms with Gasteiger partial charge >= 0.3 is 0 Å². The van der Waals surface area contributed by atoms with Crippen molar-refractivity contribution in [3.05, 3.63) is 30.2 Å². The molecule has 2 heterocycles. The molecule has 1 aliphatic heterocycles. The van der Waals surface area contributed by atoms with E-state index in [1.165, 1.54) is 12.8 Å². The predicted molar refractivity (Wildman–Crippen MR) is 92.7 cm³/mol. The number of benzene rings is 1. The fraction of sp³-hybridized carbons (Fsp3) is 0.579. The number of amides is 1. The number of aromatic nitrogens is 1. The van der Waals surface area contributed by atoms with E-state index in [9.17, 15) is 4.79 Å². The lowest BCUT2D eigenvalue weighted by atomic mass is 10.1. The third kappa shape index (κ3) is 3.78. The SMILES string of the molecule is O=C1CCC(NCCc2nc3ccccc3o2)CCN1CC1CC1. The Labute approximate surface area is 142 Å². The highest BCUT2D eigenvalue weighted by atomic mass is 16.3. The standard InChI is InChI=1S/C19H25N3O2/c23-19-8-7-15(10-12-22(19)13-14-5-6-14)20-11-9-18-21-16-3-1-2-4-17(16)24-18/h1-4,14-15,20H,5-13H2. The number of nitrogens with one attached hydrogen (secondary N) is 1. The van der Waals surface area contributed by atoms with Gasteiger partial charge in [0.25, 0.3) is 0 Å². The molecule has 2 fully saturated rings. The summed E-state index contributed by atoms with van der Waals surface area (Å²) in [5.41, 5.74) is 1.77. The van der Waals surface area contributed by atoms with Gasteiger partial charge in [0.1, 0.15) is 5.52 Å². The monoisotopic (exact) mass is 327 g/mol. The number of fused-ring (bicyclic) bond motifs is 1. The van der Waals surface area contributed by atoms with E-state index in [4.69, 9.17) is 4.42 Å². The Hall–Kier alpha value is -1.88. The number of carbonyl (C=O) groups excluding carboxylic acids is 1. The normalized spacial score (nSPS) is 22.1. The number of para-hydroxylation sites is 2. The summed E-state index contributed by atoms with van der Waals surface area (Å²) in [6.07, 6.45) is 6.05. The van der Waals surface area contributed by atoms with Crippen LogP contribution < -0.4 is 5.32 Å². The van der Waals surface area contributed by atoms with E-state index < -0.39 is 0 Å². The van der Waals surface area contributed by atoms with Crippen molar-refractivity contribution in [3.8, 4) is 0 Å². The zero-order chi connectivity index (χ0) is 16.4. The van der Waals surface area contributed by atoms with Gasteiger partial charge in [0, 0.05) is 38.5 Å². The van der Waals surface area contributed by atoms with Crippen molar-refractivity contribution in [2.75, 3.05) is 19.6 Å². The molecule has 1 saturated carbocycles. The minimum Gasteiger partial charge on any atom is -0.441 e. The number of carbonyl (C=O) groups is 1. The van der Waals surface area contributed by atoms with Crippen LogP contribution in [0.1, 0.15) is 38.0 Å². The van der Waals surface area contributed by atoms with E-state index in [0.717, 1.165) is 61.8 Å². The topological polar surface area (TPSA) is 58.4 Å². The highest BCUT2D eigenvalue weighted by Crippen LogP contribution is 2.30.